The summed E-state index contributed by atoms with van der Waals surface area (Å²) in [5.41, 5.74) is 10.1. The van der Waals surface area contributed by atoms with Crippen molar-refractivity contribution in [1.82, 2.24) is 9.97 Å². The zero-order chi connectivity index (χ0) is 30.6. The average Bonchev–Trinajstić information content (AvgIpc) is 2.84. The SMILES string of the molecule is C.COc1cc(C(C)C)c(O)cc1C(F)(F)F.COc1cc(C(C)C)c(Oc2cnc(N)nc2N)cc1C(F)(F)F. The van der Waals surface area contributed by atoms with Crippen molar-refractivity contribution in [3.8, 4) is 28.7 Å². The van der Waals surface area contributed by atoms with Crippen molar-refractivity contribution in [3.05, 3.63) is 52.7 Å². The summed E-state index contributed by atoms with van der Waals surface area (Å²) in [6.45, 7) is 7.19. The summed E-state index contributed by atoms with van der Waals surface area (Å²) in [5.74, 6) is -1.21. The van der Waals surface area contributed by atoms with Crippen molar-refractivity contribution in [2.45, 2.75) is 59.3 Å². The Morgan fingerprint density at radius 3 is 1.61 bits per heavy atom. The predicted octanol–water partition coefficient (Wildman–Crippen LogP) is 7.76. The molecule has 0 radical (unpaired) electrons. The van der Waals surface area contributed by atoms with E-state index in [4.69, 9.17) is 20.9 Å². The highest BCUT2D eigenvalue weighted by Crippen LogP contribution is 2.44. The summed E-state index contributed by atoms with van der Waals surface area (Å²) in [4.78, 5) is 7.45. The summed E-state index contributed by atoms with van der Waals surface area (Å²) in [6.07, 6.45) is -7.92. The number of alkyl halides is 6. The summed E-state index contributed by atoms with van der Waals surface area (Å²) in [7, 11) is 2.35. The third-order valence-electron chi connectivity index (χ3n) is 5.56. The number of aromatic nitrogens is 2. The minimum Gasteiger partial charge on any atom is -0.508 e. The first-order chi connectivity index (χ1) is 18.4. The van der Waals surface area contributed by atoms with Gasteiger partial charge in [-0.2, -0.15) is 31.3 Å². The van der Waals surface area contributed by atoms with Crippen LogP contribution in [0.15, 0.2) is 30.5 Å². The Kier molecular flexibility index (Phi) is 11.5. The fourth-order valence-corrected chi connectivity index (χ4v) is 3.54. The molecule has 0 saturated heterocycles. The lowest BCUT2D eigenvalue weighted by atomic mass is 9.99. The Hall–Kier alpha value is -4.10. The molecule has 41 heavy (non-hydrogen) atoms. The highest BCUT2D eigenvalue weighted by Gasteiger charge is 2.37. The normalized spacial score (nSPS) is 11.5. The van der Waals surface area contributed by atoms with Crippen LogP contribution in [0.5, 0.6) is 28.7 Å². The van der Waals surface area contributed by atoms with E-state index in [9.17, 15) is 31.4 Å². The van der Waals surface area contributed by atoms with Gasteiger partial charge in [-0.05, 0) is 36.1 Å². The maximum atomic E-state index is 13.2. The summed E-state index contributed by atoms with van der Waals surface area (Å²) in [5, 5.41) is 9.49. The van der Waals surface area contributed by atoms with Crippen molar-refractivity contribution in [3.63, 3.8) is 0 Å². The number of phenols is 1. The monoisotopic (exact) mass is 592 g/mol. The number of rotatable bonds is 6. The molecule has 1 aromatic heterocycles. The number of halogens is 6. The van der Waals surface area contributed by atoms with Crippen molar-refractivity contribution in [2.24, 2.45) is 0 Å². The largest absolute Gasteiger partial charge is 0.508 e. The molecule has 5 N–H and O–H groups in total. The molecule has 2 aromatic carbocycles. The number of aromatic hydroxyl groups is 1. The molecule has 1 heterocycles. The van der Waals surface area contributed by atoms with Gasteiger partial charge in [0.15, 0.2) is 11.6 Å². The highest BCUT2D eigenvalue weighted by molar-refractivity contribution is 5.54. The minimum atomic E-state index is -4.60. The van der Waals surface area contributed by atoms with Crippen LogP contribution < -0.4 is 25.7 Å². The smallest absolute Gasteiger partial charge is 0.420 e. The first-order valence-corrected chi connectivity index (χ1v) is 11.7. The van der Waals surface area contributed by atoms with E-state index in [0.717, 1.165) is 6.07 Å². The molecular formula is C27H34F6N4O4. The molecule has 0 saturated carbocycles. The molecule has 0 amide bonds. The van der Waals surface area contributed by atoms with Gasteiger partial charge in [-0.25, -0.2) is 4.98 Å². The van der Waals surface area contributed by atoms with E-state index < -0.39 is 23.5 Å². The van der Waals surface area contributed by atoms with Gasteiger partial charge < -0.3 is 30.8 Å². The van der Waals surface area contributed by atoms with Crippen LogP contribution in [-0.4, -0.2) is 29.3 Å². The van der Waals surface area contributed by atoms with E-state index in [1.54, 1.807) is 13.8 Å². The Labute approximate surface area is 234 Å². The van der Waals surface area contributed by atoms with Crippen LogP contribution in [0.2, 0.25) is 0 Å². The molecule has 3 aromatic rings. The number of anilines is 2. The first-order valence-electron chi connectivity index (χ1n) is 11.7. The van der Waals surface area contributed by atoms with E-state index in [0.29, 0.717) is 17.2 Å². The van der Waals surface area contributed by atoms with Gasteiger partial charge in [-0.15, -0.1) is 0 Å². The Morgan fingerprint density at radius 1 is 0.732 bits per heavy atom. The molecule has 0 fully saturated rings. The third kappa shape index (κ3) is 8.69. The van der Waals surface area contributed by atoms with Crippen LogP contribution in [0.3, 0.4) is 0 Å². The minimum absolute atomic E-state index is 0. The molecular weight excluding hydrogens is 558 g/mol. The second-order valence-electron chi connectivity index (χ2n) is 9.09. The van der Waals surface area contributed by atoms with Gasteiger partial charge in [0.25, 0.3) is 0 Å². The molecule has 0 spiro atoms. The lowest BCUT2D eigenvalue weighted by Gasteiger charge is -2.19. The van der Waals surface area contributed by atoms with Crippen molar-refractivity contribution >= 4 is 11.8 Å². The molecule has 3 rings (SSSR count). The fraction of sp³-hybridized carbons (Fsp3) is 0.407. The summed E-state index contributed by atoms with van der Waals surface area (Å²) >= 11 is 0. The number of benzene rings is 2. The molecule has 14 heteroatoms. The molecule has 8 nitrogen and oxygen atoms in total. The number of nitrogens with two attached hydrogens (primary N) is 2. The van der Waals surface area contributed by atoms with Crippen molar-refractivity contribution in [1.29, 1.82) is 0 Å². The van der Waals surface area contributed by atoms with Gasteiger partial charge in [-0.1, -0.05) is 35.1 Å². The topological polar surface area (TPSA) is 126 Å². The zero-order valence-corrected chi connectivity index (χ0v) is 22.5. The summed E-state index contributed by atoms with van der Waals surface area (Å²) in [6, 6.07) is 4.11. The van der Waals surface area contributed by atoms with Crippen LogP contribution in [0.1, 0.15) is 69.2 Å². The number of hydrogen-bond donors (Lipinski definition) is 3. The molecule has 228 valence electrons. The number of phenolic OH excluding ortho intramolecular Hbond substituents is 1. The number of methoxy groups -OCH3 is 2. The van der Waals surface area contributed by atoms with Gasteiger partial charge in [-0.3, -0.25) is 0 Å². The Balaban J connectivity index is 0.000000433. The second kappa shape index (κ2) is 13.5. The fourth-order valence-electron chi connectivity index (χ4n) is 3.54. The first kappa shape index (κ1) is 34.9. The zero-order valence-electron chi connectivity index (χ0n) is 22.5. The van der Waals surface area contributed by atoms with Crippen LogP contribution in [0.4, 0.5) is 38.1 Å². The van der Waals surface area contributed by atoms with Crippen LogP contribution in [-0.2, 0) is 12.4 Å². The average molecular weight is 593 g/mol. The van der Waals surface area contributed by atoms with Gasteiger partial charge in [0.05, 0.1) is 20.4 Å². The third-order valence-corrected chi connectivity index (χ3v) is 5.56. The lowest BCUT2D eigenvalue weighted by molar-refractivity contribution is -0.139. The van der Waals surface area contributed by atoms with Crippen LogP contribution in [0, 0.1) is 0 Å². The highest BCUT2D eigenvalue weighted by atomic mass is 19.4. The number of nitrogens with zero attached hydrogens (tertiary/aromatic N) is 2. The lowest BCUT2D eigenvalue weighted by Crippen LogP contribution is -2.10. The predicted molar refractivity (Wildman–Crippen MR) is 143 cm³/mol. The Morgan fingerprint density at radius 2 is 1.20 bits per heavy atom. The molecule has 0 aliphatic carbocycles. The maximum absolute atomic E-state index is 13.2. The van der Waals surface area contributed by atoms with Gasteiger partial charge in [0.1, 0.15) is 34.1 Å². The number of hydrogen-bond acceptors (Lipinski definition) is 8. The van der Waals surface area contributed by atoms with Gasteiger partial charge in [0.2, 0.25) is 5.95 Å². The summed E-state index contributed by atoms with van der Waals surface area (Å²) < 4.78 is 92.4. The molecule has 0 unspecified atom stereocenters. The van der Waals surface area contributed by atoms with Crippen molar-refractivity contribution in [2.75, 3.05) is 25.7 Å². The van der Waals surface area contributed by atoms with Gasteiger partial charge in [0, 0.05) is 11.1 Å². The quantitative estimate of drug-likeness (QED) is 0.248. The Bertz CT molecular complexity index is 1330. The van der Waals surface area contributed by atoms with E-state index >= 15 is 0 Å². The van der Waals surface area contributed by atoms with E-state index in [-0.39, 0.29) is 59.8 Å². The van der Waals surface area contributed by atoms with E-state index in [2.05, 4.69) is 14.7 Å². The van der Waals surface area contributed by atoms with Crippen LogP contribution >= 0.6 is 0 Å². The molecule has 0 bridgehead atoms. The maximum Gasteiger partial charge on any atom is 0.420 e. The molecule has 0 atom stereocenters. The molecule has 0 aliphatic heterocycles. The van der Waals surface area contributed by atoms with Gasteiger partial charge >= 0.3 is 12.4 Å². The standard InChI is InChI=1S/C15H17F3N4O2.C11H13F3O2.CH4/c1-7(2)8-4-11(23-3)9(15(16,17)18)5-10(8)24-12-6-21-14(20)22-13(12)19;1-6(2)7-4-10(16-3)8(5-9(7)15)11(12,13)14;/h4-7H,1-3H3,(H4,19,20,21,22);4-6,15H,1-3H3;1H4. The number of ether oxygens (including phenoxy) is 3. The molecule has 0 aliphatic rings. The van der Waals surface area contributed by atoms with E-state index in [1.807, 2.05) is 13.8 Å². The van der Waals surface area contributed by atoms with Crippen molar-refractivity contribution < 1.29 is 45.7 Å². The number of nitrogen functional groups attached to an aromatic ring is 2. The second-order valence-corrected chi connectivity index (χ2v) is 9.09. The van der Waals surface area contributed by atoms with Crippen LogP contribution in [0.25, 0.3) is 0 Å². The van der Waals surface area contributed by atoms with E-state index in [1.165, 1.54) is 32.5 Å².